The molecule has 0 unspecified atom stereocenters. The maximum atomic E-state index is 12.6. The number of thiazole rings is 1. The largest absolute Gasteiger partial charge is 0.465 e. The number of nitrogens with one attached hydrogen (secondary N) is 2. The van der Waals surface area contributed by atoms with Crippen LogP contribution in [0.4, 0.5) is 18.3 Å². The number of halogens is 3. The molecule has 1 saturated heterocycles. The molecule has 0 radical (unpaired) electrons. The molecule has 0 atom stereocenters. The van der Waals surface area contributed by atoms with Crippen molar-refractivity contribution in [1.29, 1.82) is 0 Å². The van der Waals surface area contributed by atoms with Crippen LogP contribution >= 0.6 is 11.3 Å². The Hall–Kier alpha value is -2.63. The molecule has 1 fully saturated rings. The van der Waals surface area contributed by atoms with Crippen LogP contribution in [0, 0.1) is 0 Å². The molecular formula is C15H16F3N5O3S. The van der Waals surface area contributed by atoms with E-state index < -0.39 is 23.7 Å². The van der Waals surface area contributed by atoms with E-state index in [2.05, 4.69) is 20.1 Å². The van der Waals surface area contributed by atoms with Gasteiger partial charge in [0.05, 0.1) is 13.3 Å². The number of carbonyl (C=O) groups is 2. The van der Waals surface area contributed by atoms with Crippen LogP contribution in [-0.2, 0) is 10.9 Å². The van der Waals surface area contributed by atoms with E-state index in [1.54, 1.807) is 0 Å². The lowest BCUT2D eigenvalue weighted by Gasteiger charge is -2.31. The predicted molar refractivity (Wildman–Crippen MR) is 89.7 cm³/mol. The van der Waals surface area contributed by atoms with E-state index >= 15 is 0 Å². The lowest BCUT2D eigenvalue weighted by Crippen LogP contribution is -2.44. The van der Waals surface area contributed by atoms with Gasteiger partial charge in [0.1, 0.15) is 10.6 Å². The minimum Gasteiger partial charge on any atom is -0.465 e. The van der Waals surface area contributed by atoms with Gasteiger partial charge in [-0.25, -0.2) is 9.78 Å². The molecule has 0 spiro atoms. The van der Waals surface area contributed by atoms with E-state index in [1.807, 2.05) is 10.00 Å². The third-order valence-electron chi connectivity index (χ3n) is 4.10. The Labute approximate surface area is 155 Å². The Morgan fingerprint density at radius 3 is 2.67 bits per heavy atom. The smallest absolute Gasteiger partial charge is 0.432 e. The van der Waals surface area contributed by atoms with Crippen molar-refractivity contribution in [2.45, 2.75) is 25.1 Å². The zero-order chi connectivity index (χ0) is 19.6. The molecule has 1 amide bonds. The van der Waals surface area contributed by atoms with Crippen LogP contribution in [0.15, 0.2) is 12.3 Å². The van der Waals surface area contributed by atoms with E-state index in [4.69, 9.17) is 0 Å². The summed E-state index contributed by atoms with van der Waals surface area (Å²) < 4.78 is 42.3. The molecular weight excluding hydrogens is 387 g/mol. The summed E-state index contributed by atoms with van der Waals surface area (Å²) in [6.07, 6.45) is -1.94. The Bertz CT molecular complexity index is 827. The van der Waals surface area contributed by atoms with Gasteiger partial charge >= 0.3 is 12.1 Å². The summed E-state index contributed by atoms with van der Waals surface area (Å²) in [5.41, 5.74) is -1.36. The number of H-pyrrole nitrogens is 1. The normalized spacial score (nSPS) is 15.6. The van der Waals surface area contributed by atoms with Crippen molar-refractivity contribution >= 4 is 28.3 Å². The van der Waals surface area contributed by atoms with E-state index in [9.17, 15) is 22.8 Å². The summed E-state index contributed by atoms with van der Waals surface area (Å²) in [5.74, 6) is -1.10. The van der Waals surface area contributed by atoms with Crippen LogP contribution in [0.5, 0.6) is 0 Å². The zero-order valence-corrected chi connectivity index (χ0v) is 15.0. The maximum Gasteiger partial charge on any atom is 0.432 e. The standard InChI is InChI=1S/C15H16F3N5O3S/c1-26-13(25)10-7-19-14(27-10)23-4-2-8(3-5-23)20-12(24)9-6-11(22-21-9)15(16,17)18/h6-8H,2-5H2,1H3,(H,20,24)(H,21,22). The zero-order valence-electron chi connectivity index (χ0n) is 14.2. The molecule has 8 nitrogen and oxygen atoms in total. The molecule has 0 bridgehead atoms. The number of rotatable bonds is 4. The summed E-state index contributed by atoms with van der Waals surface area (Å²) in [6, 6.07) is 0.508. The number of esters is 1. The van der Waals surface area contributed by atoms with Gasteiger partial charge in [0.25, 0.3) is 5.91 Å². The van der Waals surface area contributed by atoms with Gasteiger partial charge in [0.15, 0.2) is 10.8 Å². The fourth-order valence-electron chi connectivity index (χ4n) is 2.66. The number of hydrogen-bond donors (Lipinski definition) is 2. The van der Waals surface area contributed by atoms with Crippen LogP contribution in [0.3, 0.4) is 0 Å². The van der Waals surface area contributed by atoms with Crippen LogP contribution in [0.2, 0.25) is 0 Å². The summed E-state index contributed by atoms with van der Waals surface area (Å²) in [5, 5.41) is 8.62. The highest BCUT2D eigenvalue weighted by Crippen LogP contribution is 2.28. The fraction of sp³-hybridized carbons (Fsp3) is 0.467. The van der Waals surface area contributed by atoms with Crippen molar-refractivity contribution in [3.63, 3.8) is 0 Å². The van der Waals surface area contributed by atoms with Crippen molar-refractivity contribution in [1.82, 2.24) is 20.5 Å². The third-order valence-corrected chi connectivity index (χ3v) is 5.13. The minimum absolute atomic E-state index is 0.181. The Morgan fingerprint density at radius 2 is 2.07 bits per heavy atom. The highest BCUT2D eigenvalue weighted by atomic mass is 32.1. The second-order valence-electron chi connectivity index (χ2n) is 5.90. The van der Waals surface area contributed by atoms with Gasteiger partial charge in [-0.15, -0.1) is 0 Å². The Balaban J connectivity index is 1.53. The summed E-state index contributed by atoms with van der Waals surface area (Å²) >= 11 is 1.22. The predicted octanol–water partition coefficient (Wildman–Crippen LogP) is 2.07. The molecule has 12 heteroatoms. The van der Waals surface area contributed by atoms with Crippen molar-refractivity contribution in [3.8, 4) is 0 Å². The summed E-state index contributed by atoms with van der Waals surface area (Å²) in [7, 11) is 1.30. The van der Waals surface area contributed by atoms with Crippen molar-refractivity contribution in [2.24, 2.45) is 0 Å². The summed E-state index contributed by atoms with van der Waals surface area (Å²) in [6.45, 7) is 1.18. The first-order valence-corrected chi connectivity index (χ1v) is 8.82. The summed E-state index contributed by atoms with van der Waals surface area (Å²) in [4.78, 5) is 30.2. The van der Waals surface area contributed by atoms with E-state index in [-0.39, 0.29) is 11.7 Å². The molecule has 3 rings (SSSR count). The second-order valence-corrected chi connectivity index (χ2v) is 6.91. The van der Waals surface area contributed by atoms with Gasteiger partial charge in [-0.2, -0.15) is 18.3 Å². The molecule has 1 aliphatic rings. The molecule has 27 heavy (non-hydrogen) atoms. The Morgan fingerprint density at radius 1 is 1.37 bits per heavy atom. The van der Waals surface area contributed by atoms with Crippen LogP contribution in [0.1, 0.15) is 38.7 Å². The number of carbonyl (C=O) groups excluding carboxylic acids is 2. The molecule has 2 aromatic rings. The highest BCUT2D eigenvalue weighted by molar-refractivity contribution is 7.17. The molecule has 0 aromatic carbocycles. The number of aromatic amines is 1. The highest BCUT2D eigenvalue weighted by Gasteiger charge is 2.34. The topological polar surface area (TPSA) is 100 Å². The third kappa shape index (κ3) is 4.38. The first-order chi connectivity index (χ1) is 12.8. The van der Waals surface area contributed by atoms with Crippen molar-refractivity contribution in [2.75, 3.05) is 25.1 Å². The number of anilines is 1. The first-order valence-electron chi connectivity index (χ1n) is 8.00. The monoisotopic (exact) mass is 403 g/mol. The van der Waals surface area contributed by atoms with Gasteiger partial charge in [-0.05, 0) is 12.8 Å². The van der Waals surface area contributed by atoms with Gasteiger partial charge < -0.3 is 15.0 Å². The van der Waals surface area contributed by atoms with Gasteiger partial charge in [-0.3, -0.25) is 9.89 Å². The quantitative estimate of drug-likeness (QED) is 0.758. The van der Waals surface area contributed by atoms with Crippen LogP contribution in [0.25, 0.3) is 0 Å². The van der Waals surface area contributed by atoms with Gasteiger partial charge in [-0.1, -0.05) is 11.3 Å². The van der Waals surface area contributed by atoms with E-state index in [0.717, 1.165) is 0 Å². The first kappa shape index (κ1) is 19.1. The van der Waals surface area contributed by atoms with E-state index in [1.165, 1.54) is 24.6 Å². The molecule has 2 N–H and O–H groups in total. The number of hydrogen-bond acceptors (Lipinski definition) is 7. The molecule has 0 saturated carbocycles. The van der Waals surface area contributed by atoms with Gasteiger partial charge in [0.2, 0.25) is 0 Å². The second kappa shape index (κ2) is 7.55. The van der Waals surface area contributed by atoms with E-state index in [0.29, 0.717) is 42.0 Å². The lowest BCUT2D eigenvalue weighted by molar-refractivity contribution is -0.141. The molecule has 2 aromatic heterocycles. The molecule has 1 aliphatic heterocycles. The number of piperidine rings is 1. The van der Waals surface area contributed by atoms with Gasteiger partial charge in [0, 0.05) is 25.2 Å². The maximum absolute atomic E-state index is 12.6. The molecule has 3 heterocycles. The number of ether oxygens (including phenoxy) is 1. The van der Waals surface area contributed by atoms with Crippen molar-refractivity contribution in [3.05, 3.63) is 28.5 Å². The van der Waals surface area contributed by atoms with Crippen LogP contribution in [-0.4, -0.2) is 53.3 Å². The average Bonchev–Trinajstić information content (AvgIpc) is 3.31. The fourth-order valence-corrected chi connectivity index (χ4v) is 3.55. The lowest BCUT2D eigenvalue weighted by atomic mass is 10.1. The minimum atomic E-state index is -4.58. The average molecular weight is 403 g/mol. The van der Waals surface area contributed by atoms with Crippen LogP contribution < -0.4 is 10.2 Å². The number of methoxy groups -OCH3 is 1. The molecule has 146 valence electrons. The Kier molecular flexibility index (Phi) is 5.35. The number of alkyl halides is 3. The number of aromatic nitrogens is 3. The molecule has 0 aliphatic carbocycles. The SMILES string of the molecule is COC(=O)c1cnc(N2CCC(NC(=O)c3cc(C(F)(F)F)[nH]n3)CC2)s1. The van der Waals surface area contributed by atoms with Crippen molar-refractivity contribution < 1.29 is 27.5 Å². The number of nitrogens with zero attached hydrogens (tertiary/aromatic N) is 3. The number of amides is 1.